The number of sulfonamides is 1. The van der Waals surface area contributed by atoms with Crippen molar-refractivity contribution in [1.29, 1.82) is 0 Å². The van der Waals surface area contributed by atoms with Gasteiger partial charge in [0.15, 0.2) is 5.78 Å². The number of nitrogens with zero attached hydrogens (tertiary/aromatic N) is 2. The van der Waals surface area contributed by atoms with Gasteiger partial charge in [-0.1, -0.05) is 34.1 Å². The molecule has 1 amide bonds. The summed E-state index contributed by atoms with van der Waals surface area (Å²) in [4.78, 5) is 26.1. The molecule has 0 unspecified atom stereocenters. The predicted octanol–water partition coefficient (Wildman–Crippen LogP) is 3.08. The second-order valence-corrected chi connectivity index (χ2v) is 9.53. The number of carbonyl (C=O) groups is 2. The Balaban J connectivity index is 1.53. The normalized spacial score (nSPS) is 15.3. The summed E-state index contributed by atoms with van der Waals surface area (Å²) >= 11 is 3.31. The van der Waals surface area contributed by atoms with E-state index in [2.05, 4.69) is 15.9 Å². The monoisotopic (exact) mass is 482 g/mol. The standard InChI is InChI=1S/C20H20BrFN2O4S/c21-16-6-4-15(5-7-16)19(25)8-9-20(26)23-10-12-24(13-11-23)29(27,28)18-3-1-2-17(22)14-18/h1-7,14H,8-13H2. The molecule has 0 saturated carbocycles. The van der Waals surface area contributed by atoms with Crippen molar-refractivity contribution in [3.05, 3.63) is 64.4 Å². The van der Waals surface area contributed by atoms with Crippen molar-refractivity contribution >= 4 is 37.6 Å². The van der Waals surface area contributed by atoms with Gasteiger partial charge in [0.1, 0.15) is 5.82 Å². The molecular formula is C20H20BrFN2O4S. The van der Waals surface area contributed by atoms with E-state index in [1.54, 1.807) is 29.2 Å². The van der Waals surface area contributed by atoms with Crippen LogP contribution in [0.25, 0.3) is 0 Å². The molecule has 0 atom stereocenters. The molecule has 1 fully saturated rings. The number of rotatable bonds is 6. The summed E-state index contributed by atoms with van der Waals surface area (Å²) in [5, 5.41) is 0. The number of amides is 1. The van der Waals surface area contributed by atoms with E-state index in [0.717, 1.165) is 10.5 Å². The summed E-state index contributed by atoms with van der Waals surface area (Å²) in [6.07, 6.45) is 0.174. The van der Waals surface area contributed by atoms with Crippen LogP contribution in [0.4, 0.5) is 4.39 Å². The molecular weight excluding hydrogens is 463 g/mol. The van der Waals surface area contributed by atoms with Crippen molar-refractivity contribution in [3.8, 4) is 0 Å². The van der Waals surface area contributed by atoms with Crippen LogP contribution in [0.2, 0.25) is 0 Å². The number of ketones is 1. The Kier molecular flexibility index (Phi) is 6.81. The van der Waals surface area contributed by atoms with Gasteiger partial charge in [0.2, 0.25) is 15.9 Å². The number of hydrogen-bond donors (Lipinski definition) is 0. The quantitative estimate of drug-likeness (QED) is 0.592. The van der Waals surface area contributed by atoms with Crippen molar-refractivity contribution < 1.29 is 22.4 Å². The molecule has 1 aliphatic heterocycles. The lowest BCUT2D eigenvalue weighted by atomic mass is 10.1. The Labute approximate surface area is 177 Å². The van der Waals surface area contributed by atoms with Gasteiger partial charge in [0, 0.05) is 49.1 Å². The van der Waals surface area contributed by atoms with Gasteiger partial charge in [-0.25, -0.2) is 12.8 Å². The van der Waals surface area contributed by atoms with Gasteiger partial charge in [-0.2, -0.15) is 4.31 Å². The molecule has 0 N–H and O–H groups in total. The average Bonchev–Trinajstić information content (AvgIpc) is 2.72. The van der Waals surface area contributed by atoms with Gasteiger partial charge < -0.3 is 4.90 Å². The number of hydrogen-bond acceptors (Lipinski definition) is 4. The van der Waals surface area contributed by atoms with Crippen LogP contribution in [0.1, 0.15) is 23.2 Å². The van der Waals surface area contributed by atoms with Crippen LogP contribution >= 0.6 is 15.9 Å². The van der Waals surface area contributed by atoms with E-state index in [-0.39, 0.29) is 55.6 Å². The molecule has 29 heavy (non-hydrogen) atoms. The van der Waals surface area contributed by atoms with E-state index in [1.807, 2.05) is 0 Å². The number of piperazine rings is 1. The lowest BCUT2D eigenvalue weighted by molar-refractivity contribution is -0.132. The minimum absolute atomic E-state index is 0.0749. The highest BCUT2D eigenvalue weighted by Gasteiger charge is 2.30. The third-order valence-corrected chi connectivity index (χ3v) is 7.18. The first-order chi connectivity index (χ1) is 13.8. The Morgan fingerprint density at radius 2 is 1.62 bits per heavy atom. The highest BCUT2D eigenvalue weighted by Crippen LogP contribution is 2.19. The summed E-state index contributed by atoms with van der Waals surface area (Å²) in [6.45, 7) is 0.732. The molecule has 2 aromatic rings. The number of Topliss-reactive ketones (excluding diaryl/α,β-unsaturated/α-hetero) is 1. The molecule has 9 heteroatoms. The summed E-state index contributed by atoms with van der Waals surface area (Å²) in [7, 11) is -3.80. The molecule has 0 bridgehead atoms. The van der Waals surface area contributed by atoms with Crippen LogP contribution in [0.3, 0.4) is 0 Å². The van der Waals surface area contributed by atoms with Gasteiger partial charge >= 0.3 is 0 Å². The maximum Gasteiger partial charge on any atom is 0.243 e. The summed E-state index contributed by atoms with van der Waals surface area (Å²) < 4.78 is 40.7. The number of halogens is 2. The fourth-order valence-corrected chi connectivity index (χ4v) is 4.83. The number of carbonyl (C=O) groups excluding carboxylic acids is 2. The maximum atomic E-state index is 13.4. The van der Waals surface area contributed by atoms with E-state index in [0.29, 0.717) is 5.56 Å². The zero-order chi connectivity index (χ0) is 21.0. The third kappa shape index (κ3) is 5.29. The lowest BCUT2D eigenvalue weighted by Crippen LogP contribution is -2.50. The molecule has 1 saturated heterocycles. The van der Waals surface area contributed by atoms with E-state index in [9.17, 15) is 22.4 Å². The zero-order valence-corrected chi connectivity index (χ0v) is 18.0. The molecule has 0 radical (unpaired) electrons. The van der Waals surface area contributed by atoms with Crippen LogP contribution < -0.4 is 0 Å². The molecule has 3 rings (SSSR count). The van der Waals surface area contributed by atoms with E-state index in [1.165, 1.54) is 22.5 Å². The van der Waals surface area contributed by atoms with Crippen molar-refractivity contribution in [1.82, 2.24) is 9.21 Å². The predicted molar refractivity (Wildman–Crippen MR) is 109 cm³/mol. The maximum absolute atomic E-state index is 13.4. The van der Waals surface area contributed by atoms with Crippen LogP contribution in [-0.4, -0.2) is 55.5 Å². The van der Waals surface area contributed by atoms with Crippen LogP contribution in [0.15, 0.2) is 57.9 Å². The van der Waals surface area contributed by atoms with E-state index < -0.39 is 15.8 Å². The molecule has 1 heterocycles. The SMILES string of the molecule is O=C(CCC(=O)N1CCN(S(=O)(=O)c2cccc(F)c2)CC1)c1ccc(Br)cc1. The lowest BCUT2D eigenvalue weighted by Gasteiger charge is -2.34. The molecule has 6 nitrogen and oxygen atoms in total. The molecule has 154 valence electrons. The van der Waals surface area contributed by atoms with Gasteiger partial charge in [-0.15, -0.1) is 0 Å². The minimum Gasteiger partial charge on any atom is -0.340 e. The molecule has 0 aromatic heterocycles. The molecule has 1 aliphatic rings. The van der Waals surface area contributed by atoms with Crippen molar-refractivity contribution in [3.63, 3.8) is 0 Å². The van der Waals surface area contributed by atoms with Gasteiger partial charge in [-0.3, -0.25) is 9.59 Å². The van der Waals surface area contributed by atoms with Crippen molar-refractivity contribution in [2.24, 2.45) is 0 Å². The van der Waals surface area contributed by atoms with Gasteiger partial charge in [0.05, 0.1) is 4.90 Å². The molecule has 2 aromatic carbocycles. The first kappa shape index (κ1) is 21.6. The molecule has 0 spiro atoms. The first-order valence-corrected chi connectivity index (χ1v) is 11.3. The average molecular weight is 483 g/mol. The summed E-state index contributed by atoms with van der Waals surface area (Å²) in [5.74, 6) is -0.910. The third-order valence-electron chi connectivity index (χ3n) is 4.76. The second-order valence-electron chi connectivity index (χ2n) is 6.67. The molecule has 0 aliphatic carbocycles. The largest absolute Gasteiger partial charge is 0.340 e. The van der Waals surface area contributed by atoms with Crippen LogP contribution in [-0.2, 0) is 14.8 Å². The summed E-state index contributed by atoms with van der Waals surface area (Å²) in [5.41, 5.74) is 0.548. The van der Waals surface area contributed by atoms with Gasteiger partial charge in [0.25, 0.3) is 0 Å². The smallest absolute Gasteiger partial charge is 0.243 e. The number of benzene rings is 2. The summed E-state index contributed by atoms with van der Waals surface area (Å²) in [6, 6.07) is 11.8. The van der Waals surface area contributed by atoms with Crippen LogP contribution in [0, 0.1) is 5.82 Å². The van der Waals surface area contributed by atoms with E-state index >= 15 is 0 Å². The van der Waals surface area contributed by atoms with Crippen LogP contribution in [0.5, 0.6) is 0 Å². The second kappa shape index (κ2) is 9.15. The minimum atomic E-state index is -3.80. The Morgan fingerprint density at radius 1 is 0.966 bits per heavy atom. The Hall–Kier alpha value is -2.10. The van der Waals surface area contributed by atoms with Crippen molar-refractivity contribution in [2.75, 3.05) is 26.2 Å². The fraction of sp³-hybridized carbons (Fsp3) is 0.300. The zero-order valence-electron chi connectivity index (χ0n) is 15.6. The van der Waals surface area contributed by atoms with Gasteiger partial charge in [-0.05, 0) is 30.3 Å². The first-order valence-electron chi connectivity index (χ1n) is 9.09. The highest BCUT2D eigenvalue weighted by molar-refractivity contribution is 9.10. The fourth-order valence-electron chi connectivity index (χ4n) is 3.11. The highest BCUT2D eigenvalue weighted by atomic mass is 79.9. The Bertz CT molecular complexity index is 1000. The van der Waals surface area contributed by atoms with Crippen molar-refractivity contribution in [2.45, 2.75) is 17.7 Å². The van der Waals surface area contributed by atoms with E-state index in [4.69, 9.17) is 0 Å². The topological polar surface area (TPSA) is 74.8 Å². The Morgan fingerprint density at radius 3 is 2.24 bits per heavy atom.